The summed E-state index contributed by atoms with van der Waals surface area (Å²) in [6.07, 6.45) is 1.54. The second-order valence-electron chi connectivity index (χ2n) is 8.97. The van der Waals surface area contributed by atoms with E-state index in [2.05, 4.69) is 33.9 Å². The van der Waals surface area contributed by atoms with E-state index in [-0.39, 0.29) is 24.0 Å². The molecular formula is C22H27B2ClO4. The van der Waals surface area contributed by atoms with Gasteiger partial charge in [0.2, 0.25) is 0 Å². The molecule has 0 bridgehead atoms. The highest BCUT2D eigenvalue weighted by Crippen LogP contribution is 2.40. The van der Waals surface area contributed by atoms with Crippen LogP contribution in [0.3, 0.4) is 0 Å². The number of hydrogen-bond donors (Lipinski definition) is 2. The Morgan fingerprint density at radius 2 is 2.03 bits per heavy atom. The number of aliphatic hydroxyl groups is 2. The molecule has 1 aliphatic carbocycles. The van der Waals surface area contributed by atoms with Gasteiger partial charge in [-0.1, -0.05) is 40.6 Å². The lowest BCUT2D eigenvalue weighted by Crippen LogP contribution is -2.39. The van der Waals surface area contributed by atoms with Gasteiger partial charge in [0.25, 0.3) is 0 Å². The minimum atomic E-state index is -0.508. The summed E-state index contributed by atoms with van der Waals surface area (Å²) in [6.45, 7) is -0.109. The predicted octanol–water partition coefficient (Wildman–Crippen LogP) is 1.49. The van der Waals surface area contributed by atoms with E-state index in [1.807, 2.05) is 12.1 Å². The summed E-state index contributed by atoms with van der Waals surface area (Å²) in [4.78, 5) is 0. The van der Waals surface area contributed by atoms with Crippen LogP contribution in [0.15, 0.2) is 30.3 Å². The fourth-order valence-electron chi connectivity index (χ4n) is 4.74. The Bertz CT molecular complexity index is 918. The van der Waals surface area contributed by atoms with Gasteiger partial charge in [-0.3, -0.25) is 0 Å². The summed E-state index contributed by atoms with van der Waals surface area (Å²) in [5.41, 5.74) is 5.96. The number of aliphatic hydroxyl groups excluding tert-OH is 2. The van der Waals surface area contributed by atoms with Gasteiger partial charge in [0, 0.05) is 23.4 Å². The van der Waals surface area contributed by atoms with Crippen molar-refractivity contribution in [2.75, 3.05) is 13.7 Å². The van der Waals surface area contributed by atoms with Gasteiger partial charge in [0.1, 0.15) is 21.4 Å². The molecule has 0 radical (unpaired) electrons. The van der Waals surface area contributed by atoms with Crippen molar-refractivity contribution in [3.05, 3.63) is 63.2 Å². The number of methoxy groups -OCH3 is 1. The number of rotatable bonds is 5. The van der Waals surface area contributed by atoms with Gasteiger partial charge in [0.15, 0.2) is 0 Å². The first-order chi connectivity index (χ1) is 13.8. The van der Waals surface area contributed by atoms with Crippen LogP contribution in [-0.2, 0) is 22.8 Å². The molecule has 2 aliphatic rings. The third-order valence-electron chi connectivity index (χ3n) is 6.25. The van der Waals surface area contributed by atoms with Crippen LogP contribution in [0.5, 0.6) is 5.75 Å². The molecular weight excluding hydrogens is 385 g/mol. The van der Waals surface area contributed by atoms with E-state index < -0.39 is 6.10 Å². The predicted molar refractivity (Wildman–Crippen MR) is 120 cm³/mol. The number of hydrogen-bond acceptors (Lipinski definition) is 4. The van der Waals surface area contributed by atoms with Crippen LogP contribution in [0.4, 0.5) is 0 Å². The maximum absolute atomic E-state index is 10.2. The van der Waals surface area contributed by atoms with E-state index in [9.17, 15) is 10.2 Å². The second kappa shape index (κ2) is 7.99. The Labute approximate surface area is 179 Å². The van der Waals surface area contributed by atoms with E-state index in [1.54, 1.807) is 7.11 Å². The molecule has 152 valence electrons. The number of benzene rings is 2. The highest BCUT2D eigenvalue weighted by Gasteiger charge is 2.34. The molecule has 0 amide bonds. The summed E-state index contributed by atoms with van der Waals surface area (Å²) in [6, 6.07) is 10.6. The first kappa shape index (κ1) is 20.8. The Kier molecular flexibility index (Phi) is 5.73. The zero-order valence-corrected chi connectivity index (χ0v) is 18.0. The molecule has 0 saturated carbocycles. The van der Waals surface area contributed by atoms with Crippen molar-refractivity contribution >= 4 is 27.3 Å². The summed E-state index contributed by atoms with van der Waals surface area (Å²) < 4.78 is 11.6. The summed E-state index contributed by atoms with van der Waals surface area (Å²) in [5.74, 6) is 0.647. The van der Waals surface area contributed by atoms with Gasteiger partial charge in [0.05, 0.1) is 32.0 Å². The van der Waals surface area contributed by atoms with Crippen molar-refractivity contribution in [3.8, 4) is 5.75 Å². The van der Waals surface area contributed by atoms with E-state index in [4.69, 9.17) is 21.1 Å². The standard InChI is InChI=1S/C22H27B2ClO4/c1-28-20-9-19(25)13(4-12-2-3-18-14(5-12)10-22(18,23)24)6-17(20)21-8-15(27)7-16(11-26)29-21/h2-3,5-6,9,15-16,21,26-27H,4,7-8,10-11,23-24H2,1H3. The van der Waals surface area contributed by atoms with Crippen LogP contribution >= 0.6 is 11.6 Å². The maximum Gasteiger partial charge on any atom is 0.126 e. The van der Waals surface area contributed by atoms with Crippen LogP contribution in [0.1, 0.15) is 46.8 Å². The lowest BCUT2D eigenvalue weighted by Gasteiger charge is -2.38. The highest BCUT2D eigenvalue weighted by atomic mass is 35.5. The molecule has 29 heavy (non-hydrogen) atoms. The van der Waals surface area contributed by atoms with Crippen molar-refractivity contribution in [3.63, 3.8) is 0 Å². The molecule has 1 aliphatic heterocycles. The summed E-state index contributed by atoms with van der Waals surface area (Å²) in [5, 5.41) is 20.6. The third-order valence-corrected chi connectivity index (χ3v) is 6.60. The van der Waals surface area contributed by atoms with E-state index >= 15 is 0 Å². The molecule has 0 spiro atoms. The van der Waals surface area contributed by atoms with Gasteiger partial charge < -0.3 is 19.7 Å². The topological polar surface area (TPSA) is 58.9 Å². The SMILES string of the molecule is BC1(B)Cc2cc(Cc3cc(C4CC(O)CC(CO)O4)c(OC)cc3Cl)ccc21. The Morgan fingerprint density at radius 1 is 1.24 bits per heavy atom. The molecule has 7 heteroatoms. The van der Waals surface area contributed by atoms with Crippen molar-refractivity contribution in [1.29, 1.82) is 0 Å². The Morgan fingerprint density at radius 3 is 2.69 bits per heavy atom. The average Bonchev–Trinajstić information content (AvgIpc) is 2.67. The molecule has 2 aromatic rings. The molecule has 3 atom stereocenters. The van der Waals surface area contributed by atoms with Crippen LogP contribution in [0.2, 0.25) is 5.02 Å². The van der Waals surface area contributed by atoms with Crippen LogP contribution in [-0.4, -0.2) is 51.8 Å². The van der Waals surface area contributed by atoms with E-state index in [1.165, 1.54) is 16.7 Å². The summed E-state index contributed by atoms with van der Waals surface area (Å²) >= 11 is 6.57. The number of fused-ring (bicyclic) bond motifs is 1. The fourth-order valence-corrected chi connectivity index (χ4v) is 4.96. The first-order valence-corrected chi connectivity index (χ1v) is 10.6. The normalized spacial score (nSPS) is 25.2. The van der Waals surface area contributed by atoms with Crippen LogP contribution in [0.25, 0.3) is 0 Å². The van der Waals surface area contributed by atoms with Crippen molar-refractivity contribution < 1.29 is 19.7 Å². The van der Waals surface area contributed by atoms with E-state index in [0.717, 1.165) is 24.0 Å². The quantitative estimate of drug-likeness (QED) is 0.731. The smallest absolute Gasteiger partial charge is 0.126 e. The fraction of sp³-hybridized carbons (Fsp3) is 0.455. The molecule has 0 aromatic heterocycles. The second-order valence-corrected chi connectivity index (χ2v) is 9.38. The highest BCUT2D eigenvalue weighted by molar-refractivity contribution is 6.41. The monoisotopic (exact) mass is 412 g/mol. The average molecular weight is 413 g/mol. The van der Waals surface area contributed by atoms with Gasteiger partial charge in [-0.05, 0) is 41.7 Å². The first-order valence-electron chi connectivity index (χ1n) is 10.2. The van der Waals surface area contributed by atoms with E-state index in [0.29, 0.717) is 23.6 Å². The van der Waals surface area contributed by atoms with Crippen molar-refractivity contribution in [2.45, 2.75) is 49.2 Å². The summed E-state index contributed by atoms with van der Waals surface area (Å²) in [7, 11) is 6.16. The molecule has 1 heterocycles. The van der Waals surface area contributed by atoms with Gasteiger partial charge in [-0.2, -0.15) is 0 Å². The molecule has 3 unspecified atom stereocenters. The Hall–Kier alpha value is -1.46. The largest absolute Gasteiger partial charge is 0.496 e. The molecule has 4 rings (SSSR count). The van der Waals surface area contributed by atoms with Crippen LogP contribution in [0, 0.1) is 0 Å². The minimum absolute atomic E-state index is 0.109. The van der Waals surface area contributed by atoms with Crippen LogP contribution < -0.4 is 4.74 Å². The lowest BCUT2D eigenvalue weighted by atomic mass is 9.42. The van der Waals surface area contributed by atoms with Gasteiger partial charge in [-0.15, -0.1) is 0 Å². The van der Waals surface area contributed by atoms with Gasteiger partial charge >= 0.3 is 0 Å². The zero-order chi connectivity index (χ0) is 20.8. The number of ether oxygens (including phenoxy) is 2. The third kappa shape index (κ3) is 4.09. The van der Waals surface area contributed by atoms with Crippen molar-refractivity contribution in [2.24, 2.45) is 0 Å². The van der Waals surface area contributed by atoms with Crippen molar-refractivity contribution in [1.82, 2.24) is 0 Å². The minimum Gasteiger partial charge on any atom is -0.496 e. The molecule has 1 saturated heterocycles. The zero-order valence-electron chi connectivity index (χ0n) is 17.2. The maximum atomic E-state index is 10.2. The Balaban J connectivity index is 1.63. The molecule has 4 nitrogen and oxygen atoms in total. The number of halogens is 1. The molecule has 2 aromatic carbocycles. The molecule has 2 N–H and O–H groups in total. The van der Waals surface area contributed by atoms with Gasteiger partial charge in [-0.25, -0.2) is 0 Å². The molecule has 1 fully saturated rings. The lowest BCUT2D eigenvalue weighted by molar-refractivity contribution is -0.114.